The highest BCUT2D eigenvalue weighted by Crippen LogP contribution is 2.29. The van der Waals surface area contributed by atoms with Gasteiger partial charge in [-0.25, -0.2) is 0 Å². The van der Waals surface area contributed by atoms with Crippen molar-refractivity contribution in [1.29, 1.82) is 0 Å². The highest BCUT2D eigenvalue weighted by atomic mass is 35.5. The van der Waals surface area contributed by atoms with Gasteiger partial charge < -0.3 is 9.22 Å². The van der Waals surface area contributed by atoms with Crippen LogP contribution in [0.1, 0.15) is 29.9 Å². The van der Waals surface area contributed by atoms with E-state index in [0.29, 0.717) is 5.02 Å². The number of halogens is 1. The Morgan fingerprint density at radius 3 is 2.32 bits per heavy atom. The average Bonchev–Trinajstić information content (AvgIpc) is 2.58. The largest absolute Gasteiger partial charge is 0.461 e. The van der Waals surface area contributed by atoms with Gasteiger partial charge in [-0.1, -0.05) is 54.1 Å². The highest BCUT2D eigenvalue weighted by Gasteiger charge is 2.32. The predicted octanol–water partition coefficient (Wildman–Crippen LogP) is 4.25. The lowest BCUT2D eigenvalue weighted by Crippen LogP contribution is -2.48. The number of nitrogens with zero attached hydrogens (tertiary/aromatic N) is 1. The molecule has 0 aromatic heterocycles. The molecule has 3 nitrogen and oxygen atoms in total. The topological polar surface area (TPSA) is 26.3 Å². The number of carbonyl (C=O) groups excluding carboxylic acids is 1. The summed E-state index contributed by atoms with van der Waals surface area (Å²) in [6.45, 7) is 2.07. The monoisotopic (exact) mass is 358 g/mol. The van der Waals surface area contributed by atoms with Gasteiger partial charge >= 0.3 is 5.97 Å². The number of piperidine rings is 1. The Labute approximate surface area is 154 Å². The molecule has 2 aromatic rings. The molecule has 1 aliphatic heterocycles. The maximum Gasteiger partial charge on any atom is 0.318 e. The Morgan fingerprint density at radius 1 is 1.04 bits per heavy atom. The normalized spacial score (nSPS) is 18.5. The maximum absolute atomic E-state index is 13.0. The first kappa shape index (κ1) is 18.0. The summed E-state index contributed by atoms with van der Waals surface area (Å²) in [5, 5.41) is 0.628. The number of carbonyl (C=O) groups is 1. The molecule has 0 bridgehead atoms. The van der Waals surface area contributed by atoms with Crippen LogP contribution in [-0.4, -0.2) is 43.7 Å². The molecule has 1 fully saturated rings. The molecule has 1 aliphatic rings. The second-order valence-electron chi connectivity index (χ2n) is 7.42. The zero-order chi connectivity index (χ0) is 17.9. The van der Waals surface area contributed by atoms with E-state index in [1.807, 2.05) is 54.6 Å². The molecule has 1 saturated heterocycles. The summed E-state index contributed by atoms with van der Waals surface area (Å²) in [5.41, 5.74) is 1.80. The second kappa shape index (κ2) is 7.59. The fourth-order valence-corrected chi connectivity index (χ4v) is 3.59. The fraction of sp³-hybridized carbons (Fsp3) is 0.381. The molecular weight excluding hydrogens is 334 g/mol. The number of likely N-dealkylation sites (tertiary alicyclic amines) is 1. The molecule has 4 heteroatoms. The van der Waals surface area contributed by atoms with Crippen LogP contribution in [0.25, 0.3) is 0 Å². The van der Waals surface area contributed by atoms with Gasteiger partial charge in [0.2, 0.25) is 0 Å². The van der Waals surface area contributed by atoms with Gasteiger partial charge in [0.25, 0.3) is 0 Å². The molecule has 0 radical (unpaired) electrons. The van der Waals surface area contributed by atoms with Crippen molar-refractivity contribution in [1.82, 2.24) is 0 Å². The van der Waals surface area contributed by atoms with E-state index in [1.54, 1.807) is 0 Å². The molecule has 1 atom stereocenters. The van der Waals surface area contributed by atoms with Crippen LogP contribution >= 0.6 is 11.6 Å². The fourth-order valence-electron chi connectivity index (χ4n) is 3.39. The van der Waals surface area contributed by atoms with Crippen molar-refractivity contribution in [3.63, 3.8) is 0 Å². The minimum Gasteiger partial charge on any atom is -0.461 e. The van der Waals surface area contributed by atoms with Gasteiger partial charge in [-0.15, -0.1) is 0 Å². The number of rotatable bonds is 4. The van der Waals surface area contributed by atoms with Crippen molar-refractivity contribution >= 4 is 17.6 Å². The Hall–Kier alpha value is -1.84. The van der Waals surface area contributed by atoms with Gasteiger partial charge in [-0.2, -0.15) is 0 Å². The number of hydrogen-bond donors (Lipinski definition) is 0. The molecular formula is C21H25ClNO2+. The second-order valence-corrected chi connectivity index (χ2v) is 7.85. The lowest BCUT2D eigenvalue weighted by Gasteiger charge is -2.37. The summed E-state index contributed by atoms with van der Waals surface area (Å²) >= 11 is 6.15. The van der Waals surface area contributed by atoms with Crippen LogP contribution in [0.3, 0.4) is 0 Å². The minimum atomic E-state index is -0.440. The SMILES string of the molecule is C[N+]1(C)CCC(OC(=O)C(c2ccccc2)c2cccc(Cl)c2)CC1. The number of hydrogen-bond acceptors (Lipinski definition) is 2. The van der Waals surface area contributed by atoms with E-state index < -0.39 is 5.92 Å². The van der Waals surface area contributed by atoms with Crippen molar-refractivity contribution in [3.05, 3.63) is 70.7 Å². The van der Waals surface area contributed by atoms with E-state index in [2.05, 4.69) is 14.1 Å². The first-order chi connectivity index (χ1) is 11.9. The molecule has 2 aromatic carbocycles. The van der Waals surface area contributed by atoms with Crippen LogP contribution in [0.15, 0.2) is 54.6 Å². The van der Waals surface area contributed by atoms with Crippen molar-refractivity contribution in [2.45, 2.75) is 24.9 Å². The summed E-state index contributed by atoms with van der Waals surface area (Å²) < 4.78 is 6.89. The predicted molar refractivity (Wildman–Crippen MR) is 101 cm³/mol. The molecule has 0 saturated carbocycles. The molecule has 132 valence electrons. The Balaban J connectivity index is 1.81. The van der Waals surface area contributed by atoms with Crippen LogP contribution in [-0.2, 0) is 9.53 Å². The third-order valence-electron chi connectivity index (χ3n) is 4.95. The third kappa shape index (κ3) is 4.62. The summed E-state index contributed by atoms with van der Waals surface area (Å²) in [4.78, 5) is 13.0. The smallest absolute Gasteiger partial charge is 0.318 e. The average molecular weight is 359 g/mol. The standard InChI is InChI=1S/C21H25ClNO2/c1-23(2)13-11-19(12-14-23)25-21(24)20(16-7-4-3-5-8-16)17-9-6-10-18(22)15-17/h3-10,15,19-20H,11-14H2,1-2H3/q+1. The van der Waals surface area contributed by atoms with Crippen LogP contribution < -0.4 is 0 Å². The first-order valence-corrected chi connectivity index (χ1v) is 9.15. The molecule has 25 heavy (non-hydrogen) atoms. The van der Waals surface area contributed by atoms with E-state index in [-0.39, 0.29) is 12.1 Å². The highest BCUT2D eigenvalue weighted by molar-refractivity contribution is 6.30. The summed E-state index contributed by atoms with van der Waals surface area (Å²) in [6.07, 6.45) is 1.83. The van der Waals surface area contributed by atoms with Crippen LogP contribution in [0.2, 0.25) is 5.02 Å². The number of benzene rings is 2. The van der Waals surface area contributed by atoms with E-state index in [9.17, 15) is 4.79 Å². The third-order valence-corrected chi connectivity index (χ3v) is 5.18. The lowest BCUT2D eigenvalue weighted by molar-refractivity contribution is -0.896. The van der Waals surface area contributed by atoms with E-state index in [1.165, 1.54) is 0 Å². The zero-order valence-corrected chi connectivity index (χ0v) is 15.6. The molecule has 0 amide bonds. The van der Waals surface area contributed by atoms with Crippen LogP contribution in [0.4, 0.5) is 0 Å². The zero-order valence-electron chi connectivity index (χ0n) is 14.8. The minimum absolute atomic E-state index is 0.00375. The number of quaternary nitrogens is 1. The Kier molecular flexibility index (Phi) is 5.45. The molecule has 0 aliphatic carbocycles. The number of ether oxygens (including phenoxy) is 1. The van der Waals surface area contributed by atoms with Crippen molar-refractivity contribution in [3.8, 4) is 0 Å². The molecule has 3 rings (SSSR count). The van der Waals surface area contributed by atoms with Crippen LogP contribution in [0, 0.1) is 0 Å². The molecule has 1 unspecified atom stereocenters. The van der Waals surface area contributed by atoms with Crippen molar-refractivity contribution < 1.29 is 14.0 Å². The van der Waals surface area contributed by atoms with Gasteiger partial charge in [0.1, 0.15) is 12.0 Å². The quantitative estimate of drug-likeness (QED) is 0.603. The summed E-state index contributed by atoms with van der Waals surface area (Å²) in [7, 11) is 4.44. The molecule has 0 spiro atoms. The maximum atomic E-state index is 13.0. The van der Waals surface area contributed by atoms with Crippen molar-refractivity contribution in [2.24, 2.45) is 0 Å². The first-order valence-electron chi connectivity index (χ1n) is 8.77. The van der Waals surface area contributed by atoms with Gasteiger partial charge in [0.15, 0.2) is 0 Å². The lowest BCUT2D eigenvalue weighted by atomic mass is 9.91. The van der Waals surface area contributed by atoms with Crippen molar-refractivity contribution in [2.75, 3.05) is 27.2 Å². The molecule has 1 heterocycles. The molecule has 0 N–H and O–H groups in total. The van der Waals surface area contributed by atoms with E-state index >= 15 is 0 Å². The van der Waals surface area contributed by atoms with Gasteiger partial charge in [-0.3, -0.25) is 4.79 Å². The van der Waals surface area contributed by atoms with Gasteiger partial charge in [0, 0.05) is 17.9 Å². The van der Waals surface area contributed by atoms with Crippen LogP contribution in [0.5, 0.6) is 0 Å². The summed E-state index contributed by atoms with van der Waals surface area (Å²) in [5.74, 6) is -0.630. The Morgan fingerprint density at radius 2 is 1.68 bits per heavy atom. The van der Waals surface area contributed by atoms with Gasteiger partial charge in [-0.05, 0) is 23.3 Å². The van der Waals surface area contributed by atoms with E-state index in [4.69, 9.17) is 16.3 Å². The number of esters is 1. The van der Waals surface area contributed by atoms with Gasteiger partial charge in [0.05, 0.1) is 27.2 Å². The Bertz CT molecular complexity index is 720. The summed E-state index contributed by atoms with van der Waals surface area (Å²) in [6, 6.07) is 17.3. The van der Waals surface area contributed by atoms with E-state index in [0.717, 1.165) is 41.5 Å².